The molecular weight excluding hydrogens is 380 g/mol. The van der Waals surface area contributed by atoms with Gasteiger partial charge in [0.15, 0.2) is 11.5 Å². The fourth-order valence-electron chi connectivity index (χ4n) is 3.82. The van der Waals surface area contributed by atoms with Gasteiger partial charge in [-0.15, -0.1) is 10.2 Å². The predicted octanol–water partition coefficient (Wildman–Crippen LogP) is 4.26. The topological polar surface area (TPSA) is 66.6 Å². The van der Waals surface area contributed by atoms with Crippen LogP contribution >= 0.6 is 11.6 Å². The minimum atomic E-state index is -0.373. The van der Waals surface area contributed by atoms with Gasteiger partial charge in [0.2, 0.25) is 11.8 Å². The molecule has 0 saturated carbocycles. The molecule has 7 heteroatoms. The van der Waals surface area contributed by atoms with Crippen LogP contribution in [0, 0.1) is 0 Å². The number of fused-ring (bicyclic) bond motifs is 1. The predicted molar refractivity (Wildman–Crippen MR) is 103 cm³/mol. The summed E-state index contributed by atoms with van der Waals surface area (Å²) in [6.07, 6.45) is 1.55. The van der Waals surface area contributed by atoms with E-state index in [1.807, 2.05) is 42.5 Å². The molecule has 0 aliphatic carbocycles. The van der Waals surface area contributed by atoms with Gasteiger partial charge >= 0.3 is 0 Å². The molecule has 0 bridgehead atoms. The van der Waals surface area contributed by atoms with Crippen molar-refractivity contribution in [3.8, 4) is 23.0 Å². The minimum absolute atomic E-state index is 0.373. The van der Waals surface area contributed by atoms with Crippen LogP contribution in [0.25, 0.3) is 11.5 Å². The fourth-order valence-corrected chi connectivity index (χ4v) is 3.95. The summed E-state index contributed by atoms with van der Waals surface area (Å²) in [5.74, 6) is 2.49. The second-order valence-electron chi connectivity index (χ2n) is 6.97. The quantitative estimate of drug-likeness (QED) is 0.656. The van der Waals surface area contributed by atoms with Crippen molar-refractivity contribution in [2.45, 2.75) is 18.3 Å². The average molecular weight is 399 g/mol. The molecule has 0 unspecified atom stereocenters. The molecule has 1 aromatic heterocycles. The summed E-state index contributed by atoms with van der Waals surface area (Å²) in [5, 5.41) is 9.44. The van der Waals surface area contributed by atoms with Crippen molar-refractivity contribution in [2.75, 3.05) is 26.4 Å². The molecule has 1 fully saturated rings. The van der Waals surface area contributed by atoms with E-state index in [0.29, 0.717) is 49.0 Å². The standard InChI is InChI=1S/C21H19ClN2O4/c22-16-4-2-15(3-5-16)21(7-9-25-10-8-21)20-24-23-19(28-20)14-1-6-17-18(13-14)27-12-11-26-17/h1-6,13H,7-12H2. The second-order valence-corrected chi connectivity index (χ2v) is 7.41. The van der Waals surface area contributed by atoms with E-state index in [-0.39, 0.29) is 5.41 Å². The molecule has 5 rings (SSSR count). The van der Waals surface area contributed by atoms with Gasteiger partial charge in [0, 0.05) is 23.8 Å². The lowest BCUT2D eigenvalue weighted by Crippen LogP contribution is -2.35. The van der Waals surface area contributed by atoms with Crippen LogP contribution in [0.4, 0.5) is 0 Å². The zero-order valence-electron chi connectivity index (χ0n) is 15.2. The Labute approximate surface area is 167 Å². The van der Waals surface area contributed by atoms with Gasteiger partial charge in [-0.25, -0.2) is 0 Å². The van der Waals surface area contributed by atoms with Crippen LogP contribution in [0.2, 0.25) is 5.02 Å². The normalized spacial score (nSPS) is 18.0. The maximum absolute atomic E-state index is 6.18. The minimum Gasteiger partial charge on any atom is -0.486 e. The molecule has 0 N–H and O–H groups in total. The number of benzene rings is 2. The first-order valence-electron chi connectivity index (χ1n) is 9.32. The third kappa shape index (κ3) is 3.02. The number of hydrogen-bond donors (Lipinski definition) is 0. The molecule has 3 heterocycles. The van der Waals surface area contributed by atoms with Crippen molar-refractivity contribution in [1.82, 2.24) is 10.2 Å². The summed E-state index contributed by atoms with van der Waals surface area (Å²) in [6, 6.07) is 13.5. The van der Waals surface area contributed by atoms with Gasteiger partial charge in [-0.05, 0) is 48.7 Å². The average Bonchev–Trinajstić information content (AvgIpc) is 3.25. The molecular formula is C21H19ClN2O4. The molecule has 3 aromatic rings. The molecule has 0 spiro atoms. The van der Waals surface area contributed by atoms with Crippen LogP contribution in [0.15, 0.2) is 46.9 Å². The molecule has 0 radical (unpaired) electrons. The second kappa shape index (κ2) is 7.11. The van der Waals surface area contributed by atoms with Crippen LogP contribution in [0.3, 0.4) is 0 Å². The zero-order valence-corrected chi connectivity index (χ0v) is 15.9. The first-order valence-corrected chi connectivity index (χ1v) is 9.70. The lowest BCUT2D eigenvalue weighted by Gasteiger charge is -2.34. The summed E-state index contributed by atoms with van der Waals surface area (Å²) < 4.78 is 23.0. The highest BCUT2D eigenvalue weighted by Gasteiger charge is 2.41. The van der Waals surface area contributed by atoms with E-state index < -0.39 is 0 Å². The number of halogens is 1. The maximum Gasteiger partial charge on any atom is 0.247 e. The van der Waals surface area contributed by atoms with Gasteiger partial charge in [0.1, 0.15) is 13.2 Å². The van der Waals surface area contributed by atoms with Crippen LogP contribution in [0.1, 0.15) is 24.3 Å². The van der Waals surface area contributed by atoms with E-state index in [4.69, 9.17) is 30.2 Å². The highest BCUT2D eigenvalue weighted by atomic mass is 35.5. The maximum atomic E-state index is 6.18. The van der Waals surface area contributed by atoms with Gasteiger partial charge < -0.3 is 18.6 Å². The van der Waals surface area contributed by atoms with E-state index in [1.54, 1.807) is 0 Å². The summed E-state index contributed by atoms with van der Waals surface area (Å²) in [6.45, 7) is 2.38. The zero-order chi connectivity index (χ0) is 19.0. The lowest BCUT2D eigenvalue weighted by molar-refractivity contribution is 0.0546. The molecule has 1 saturated heterocycles. The van der Waals surface area contributed by atoms with Crippen molar-refractivity contribution in [2.24, 2.45) is 0 Å². The number of aromatic nitrogens is 2. The van der Waals surface area contributed by atoms with Crippen LogP contribution in [-0.4, -0.2) is 36.6 Å². The van der Waals surface area contributed by atoms with E-state index in [2.05, 4.69) is 10.2 Å². The van der Waals surface area contributed by atoms with Crippen LogP contribution in [0.5, 0.6) is 11.5 Å². The van der Waals surface area contributed by atoms with E-state index in [0.717, 1.165) is 29.7 Å². The Hall–Kier alpha value is -2.57. The molecule has 2 aliphatic heterocycles. The van der Waals surface area contributed by atoms with E-state index in [1.165, 1.54) is 0 Å². The van der Waals surface area contributed by atoms with Crippen LogP contribution < -0.4 is 9.47 Å². The molecule has 6 nitrogen and oxygen atoms in total. The lowest BCUT2D eigenvalue weighted by atomic mass is 9.74. The Bertz CT molecular complexity index is 980. The Balaban J connectivity index is 1.53. The summed E-state index contributed by atoms with van der Waals surface area (Å²) in [7, 11) is 0. The molecule has 28 heavy (non-hydrogen) atoms. The van der Waals surface area contributed by atoms with Gasteiger partial charge in [0.05, 0.1) is 5.41 Å². The van der Waals surface area contributed by atoms with Gasteiger partial charge in [-0.3, -0.25) is 0 Å². The van der Waals surface area contributed by atoms with Gasteiger partial charge in [-0.1, -0.05) is 23.7 Å². The largest absolute Gasteiger partial charge is 0.486 e. The smallest absolute Gasteiger partial charge is 0.247 e. The Kier molecular flexibility index (Phi) is 4.45. The Morgan fingerprint density at radius 2 is 1.57 bits per heavy atom. The molecule has 144 valence electrons. The van der Waals surface area contributed by atoms with Crippen molar-refractivity contribution in [3.63, 3.8) is 0 Å². The molecule has 0 amide bonds. The Morgan fingerprint density at radius 3 is 2.36 bits per heavy atom. The third-order valence-electron chi connectivity index (χ3n) is 5.37. The van der Waals surface area contributed by atoms with Gasteiger partial charge in [0.25, 0.3) is 0 Å². The Morgan fingerprint density at radius 1 is 0.821 bits per heavy atom. The van der Waals surface area contributed by atoms with Crippen molar-refractivity contribution in [1.29, 1.82) is 0 Å². The summed E-state index contributed by atoms with van der Waals surface area (Å²) >= 11 is 6.09. The summed E-state index contributed by atoms with van der Waals surface area (Å²) in [4.78, 5) is 0. The highest BCUT2D eigenvalue weighted by Crippen LogP contribution is 2.42. The number of nitrogens with zero attached hydrogens (tertiary/aromatic N) is 2. The highest BCUT2D eigenvalue weighted by molar-refractivity contribution is 6.30. The number of rotatable bonds is 3. The SMILES string of the molecule is Clc1ccc(C2(c3nnc(-c4ccc5c(c4)OCCO5)o3)CCOCC2)cc1. The summed E-state index contributed by atoms with van der Waals surface area (Å²) in [5.41, 5.74) is 1.54. The third-order valence-corrected chi connectivity index (χ3v) is 5.62. The number of ether oxygens (including phenoxy) is 3. The monoisotopic (exact) mass is 398 g/mol. The number of hydrogen-bond acceptors (Lipinski definition) is 6. The fraction of sp³-hybridized carbons (Fsp3) is 0.333. The van der Waals surface area contributed by atoms with Gasteiger partial charge in [-0.2, -0.15) is 0 Å². The van der Waals surface area contributed by atoms with Crippen molar-refractivity contribution < 1.29 is 18.6 Å². The van der Waals surface area contributed by atoms with E-state index >= 15 is 0 Å². The van der Waals surface area contributed by atoms with Crippen molar-refractivity contribution >= 4 is 11.6 Å². The van der Waals surface area contributed by atoms with Crippen LogP contribution in [-0.2, 0) is 10.2 Å². The molecule has 2 aliphatic rings. The first kappa shape index (κ1) is 17.5. The van der Waals surface area contributed by atoms with E-state index in [9.17, 15) is 0 Å². The van der Waals surface area contributed by atoms with Crippen molar-refractivity contribution in [3.05, 3.63) is 58.9 Å². The molecule has 0 atom stereocenters. The first-order chi connectivity index (χ1) is 13.7. The molecule has 2 aromatic carbocycles.